The summed E-state index contributed by atoms with van der Waals surface area (Å²) in [4.78, 5) is 12.6. The highest BCUT2D eigenvalue weighted by Crippen LogP contribution is 2.44. The fraction of sp³-hybridized carbons (Fsp3) is 0.750. The maximum Gasteiger partial charge on any atom is 0.234 e. The molecule has 0 bridgehead atoms. The minimum Gasteiger partial charge on any atom is -0.315 e. The van der Waals surface area contributed by atoms with Crippen LogP contribution < -0.4 is 10.6 Å². The molecule has 2 atom stereocenters. The van der Waals surface area contributed by atoms with Gasteiger partial charge in [0.15, 0.2) is 0 Å². The second kappa shape index (κ2) is 4.59. The molecule has 1 aromatic heterocycles. The van der Waals surface area contributed by atoms with Crippen LogP contribution in [0.4, 0.5) is 5.13 Å². The van der Waals surface area contributed by atoms with Gasteiger partial charge in [0, 0.05) is 6.54 Å². The largest absolute Gasteiger partial charge is 0.315 e. The van der Waals surface area contributed by atoms with E-state index < -0.39 is 0 Å². The Hall–Kier alpha value is -1.01. The van der Waals surface area contributed by atoms with Gasteiger partial charge in [-0.25, -0.2) is 0 Å². The summed E-state index contributed by atoms with van der Waals surface area (Å²) in [7, 11) is 0. The number of aromatic nitrogens is 2. The molecule has 1 saturated carbocycles. The van der Waals surface area contributed by atoms with E-state index in [0.29, 0.717) is 11.0 Å². The molecule has 1 aliphatic heterocycles. The third-order valence-electron chi connectivity index (χ3n) is 4.24. The average molecular weight is 266 g/mol. The molecule has 0 aromatic carbocycles. The van der Waals surface area contributed by atoms with Crippen molar-refractivity contribution in [2.75, 3.05) is 18.4 Å². The van der Waals surface area contributed by atoms with Crippen LogP contribution in [0.15, 0.2) is 0 Å². The first kappa shape index (κ1) is 12.0. The number of rotatable bonds is 2. The van der Waals surface area contributed by atoms with E-state index in [0.717, 1.165) is 37.4 Å². The first-order valence-corrected chi connectivity index (χ1v) is 7.35. The Morgan fingerprint density at radius 3 is 3.17 bits per heavy atom. The van der Waals surface area contributed by atoms with Gasteiger partial charge in [-0.1, -0.05) is 24.2 Å². The third kappa shape index (κ3) is 1.93. The molecule has 0 spiro atoms. The standard InChI is InChI=1S/C12H18N4OS/c1-8-15-16-11(18-8)14-10(17)12-5-3-2-4-9(12)6-13-7-12/h9,13H,2-7H2,1H3,(H,14,16,17)/t9-,12+/m0/s1. The van der Waals surface area contributed by atoms with Gasteiger partial charge in [0.1, 0.15) is 5.01 Å². The summed E-state index contributed by atoms with van der Waals surface area (Å²) in [6.45, 7) is 3.68. The van der Waals surface area contributed by atoms with Gasteiger partial charge in [0.2, 0.25) is 11.0 Å². The van der Waals surface area contributed by atoms with Gasteiger partial charge >= 0.3 is 0 Å². The molecule has 1 aromatic rings. The van der Waals surface area contributed by atoms with Crippen LogP contribution in [0.2, 0.25) is 0 Å². The smallest absolute Gasteiger partial charge is 0.234 e. The number of nitrogens with one attached hydrogen (secondary N) is 2. The monoisotopic (exact) mass is 266 g/mol. The molecule has 3 rings (SSSR count). The number of anilines is 1. The average Bonchev–Trinajstić information content (AvgIpc) is 2.96. The van der Waals surface area contributed by atoms with E-state index in [2.05, 4.69) is 20.8 Å². The van der Waals surface area contributed by atoms with Crippen molar-refractivity contribution >= 4 is 22.4 Å². The van der Waals surface area contributed by atoms with Crippen LogP contribution in [0, 0.1) is 18.3 Å². The molecule has 2 aliphatic rings. The topological polar surface area (TPSA) is 66.9 Å². The van der Waals surface area contributed by atoms with Crippen molar-refractivity contribution in [2.24, 2.45) is 11.3 Å². The van der Waals surface area contributed by atoms with Crippen LogP contribution in [0.25, 0.3) is 0 Å². The van der Waals surface area contributed by atoms with Crippen LogP contribution in [0.3, 0.4) is 0 Å². The van der Waals surface area contributed by atoms with E-state index in [1.165, 1.54) is 17.8 Å². The van der Waals surface area contributed by atoms with E-state index >= 15 is 0 Å². The van der Waals surface area contributed by atoms with Crippen LogP contribution in [-0.4, -0.2) is 29.2 Å². The first-order valence-electron chi connectivity index (χ1n) is 6.53. The SMILES string of the molecule is Cc1nnc(NC(=O)[C@@]23CCCC[C@H]2CNC3)s1. The number of hydrogen-bond donors (Lipinski definition) is 2. The van der Waals surface area contributed by atoms with Crippen molar-refractivity contribution in [1.82, 2.24) is 15.5 Å². The van der Waals surface area contributed by atoms with Crippen molar-refractivity contribution in [3.63, 3.8) is 0 Å². The second-order valence-electron chi connectivity index (χ2n) is 5.31. The fourth-order valence-corrected chi connectivity index (χ4v) is 3.85. The Morgan fingerprint density at radius 1 is 1.50 bits per heavy atom. The normalized spacial score (nSPS) is 31.1. The molecular formula is C12H18N4OS. The fourth-order valence-electron chi connectivity index (χ4n) is 3.26. The van der Waals surface area contributed by atoms with Gasteiger partial charge in [0.05, 0.1) is 5.41 Å². The van der Waals surface area contributed by atoms with E-state index in [-0.39, 0.29) is 11.3 Å². The molecule has 2 N–H and O–H groups in total. The quantitative estimate of drug-likeness (QED) is 0.852. The van der Waals surface area contributed by atoms with Gasteiger partial charge in [-0.3, -0.25) is 10.1 Å². The van der Waals surface area contributed by atoms with Crippen molar-refractivity contribution in [2.45, 2.75) is 32.6 Å². The van der Waals surface area contributed by atoms with Crippen LogP contribution in [0.5, 0.6) is 0 Å². The summed E-state index contributed by atoms with van der Waals surface area (Å²) in [5.41, 5.74) is -0.210. The molecule has 0 unspecified atom stereocenters. The number of carbonyl (C=O) groups excluding carboxylic acids is 1. The van der Waals surface area contributed by atoms with Crippen LogP contribution >= 0.6 is 11.3 Å². The second-order valence-corrected chi connectivity index (χ2v) is 6.49. The lowest BCUT2D eigenvalue weighted by Gasteiger charge is -2.36. The number of amides is 1. The highest BCUT2D eigenvalue weighted by Gasteiger charge is 2.49. The van der Waals surface area contributed by atoms with E-state index in [1.807, 2.05) is 6.92 Å². The minimum absolute atomic E-state index is 0.133. The molecule has 18 heavy (non-hydrogen) atoms. The Kier molecular flexibility index (Phi) is 3.07. The van der Waals surface area contributed by atoms with Crippen molar-refractivity contribution in [1.29, 1.82) is 0 Å². The lowest BCUT2D eigenvalue weighted by atomic mass is 9.68. The molecule has 2 heterocycles. The van der Waals surface area contributed by atoms with E-state index in [9.17, 15) is 4.79 Å². The summed E-state index contributed by atoms with van der Waals surface area (Å²) >= 11 is 1.44. The van der Waals surface area contributed by atoms with Gasteiger partial charge in [-0.05, 0) is 32.2 Å². The molecular weight excluding hydrogens is 248 g/mol. The summed E-state index contributed by atoms with van der Waals surface area (Å²) in [5, 5.41) is 15.8. The molecule has 2 fully saturated rings. The lowest BCUT2D eigenvalue weighted by molar-refractivity contribution is -0.128. The number of aryl methyl sites for hydroxylation is 1. The van der Waals surface area contributed by atoms with E-state index in [4.69, 9.17) is 0 Å². The van der Waals surface area contributed by atoms with Crippen LogP contribution in [0.1, 0.15) is 30.7 Å². The zero-order chi connectivity index (χ0) is 12.6. The molecule has 6 heteroatoms. The summed E-state index contributed by atoms with van der Waals surface area (Å²) in [6.07, 6.45) is 4.56. The Balaban J connectivity index is 1.78. The van der Waals surface area contributed by atoms with E-state index in [1.54, 1.807) is 0 Å². The predicted octanol–water partition coefficient (Wildman–Crippen LogP) is 1.56. The summed E-state index contributed by atoms with van der Waals surface area (Å²) in [6, 6.07) is 0. The molecule has 98 valence electrons. The molecule has 1 saturated heterocycles. The highest BCUT2D eigenvalue weighted by atomic mass is 32.1. The van der Waals surface area contributed by atoms with Gasteiger partial charge < -0.3 is 5.32 Å². The van der Waals surface area contributed by atoms with Gasteiger partial charge in [-0.15, -0.1) is 10.2 Å². The van der Waals surface area contributed by atoms with Crippen molar-refractivity contribution < 1.29 is 4.79 Å². The zero-order valence-corrected chi connectivity index (χ0v) is 11.3. The number of nitrogens with zero attached hydrogens (tertiary/aromatic N) is 2. The maximum absolute atomic E-state index is 12.6. The molecule has 1 aliphatic carbocycles. The number of fused-ring (bicyclic) bond motifs is 1. The Labute approximate surface area is 110 Å². The molecule has 0 radical (unpaired) electrons. The first-order chi connectivity index (χ1) is 8.71. The lowest BCUT2D eigenvalue weighted by Crippen LogP contribution is -2.44. The predicted molar refractivity (Wildman–Crippen MR) is 70.5 cm³/mol. The Bertz CT molecular complexity index is 461. The molecule has 5 nitrogen and oxygen atoms in total. The third-order valence-corrected chi connectivity index (χ3v) is 4.99. The summed E-state index contributed by atoms with van der Waals surface area (Å²) < 4.78 is 0. The maximum atomic E-state index is 12.6. The van der Waals surface area contributed by atoms with Crippen molar-refractivity contribution in [3.05, 3.63) is 5.01 Å². The van der Waals surface area contributed by atoms with Crippen LogP contribution in [-0.2, 0) is 4.79 Å². The van der Waals surface area contributed by atoms with Crippen molar-refractivity contribution in [3.8, 4) is 0 Å². The van der Waals surface area contributed by atoms with Gasteiger partial charge in [-0.2, -0.15) is 0 Å². The number of hydrogen-bond acceptors (Lipinski definition) is 5. The zero-order valence-electron chi connectivity index (χ0n) is 10.5. The Morgan fingerprint density at radius 2 is 2.39 bits per heavy atom. The number of carbonyl (C=O) groups is 1. The highest BCUT2D eigenvalue weighted by molar-refractivity contribution is 7.15. The van der Waals surface area contributed by atoms with Gasteiger partial charge in [0.25, 0.3) is 0 Å². The minimum atomic E-state index is -0.210. The summed E-state index contributed by atoms with van der Waals surface area (Å²) in [5.74, 6) is 0.619. The molecule has 1 amide bonds.